The van der Waals surface area contributed by atoms with E-state index < -0.39 is 0 Å². The van der Waals surface area contributed by atoms with Crippen LogP contribution in [0.1, 0.15) is 36.5 Å². The van der Waals surface area contributed by atoms with Gasteiger partial charge in [0.25, 0.3) is 5.91 Å². The third-order valence-corrected chi connectivity index (χ3v) is 2.51. The van der Waals surface area contributed by atoms with Crippen molar-refractivity contribution in [3.63, 3.8) is 0 Å². The molecule has 1 aromatic rings. The molecule has 0 aliphatic heterocycles. The highest BCUT2D eigenvalue weighted by atomic mass is 16.5. The highest BCUT2D eigenvalue weighted by Gasteiger charge is 2.05. The molecule has 0 aliphatic rings. The van der Waals surface area contributed by atoms with Gasteiger partial charge in [0.15, 0.2) is 12.9 Å². The Labute approximate surface area is 107 Å². The van der Waals surface area contributed by atoms with Gasteiger partial charge in [0.05, 0.1) is 5.56 Å². The number of amides is 1. The van der Waals surface area contributed by atoms with Crippen LogP contribution in [-0.4, -0.2) is 25.3 Å². The molecule has 98 valence electrons. The molecule has 0 unspecified atom stereocenters. The van der Waals surface area contributed by atoms with Crippen LogP contribution in [0.2, 0.25) is 0 Å². The highest BCUT2D eigenvalue weighted by molar-refractivity contribution is 5.80. The summed E-state index contributed by atoms with van der Waals surface area (Å²) in [5, 5.41) is 2.77. The summed E-state index contributed by atoms with van der Waals surface area (Å²) < 4.78 is 5.30. The molecule has 1 aromatic carbocycles. The largest absolute Gasteiger partial charge is 0.483 e. The molecule has 0 saturated carbocycles. The van der Waals surface area contributed by atoms with Gasteiger partial charge < -0.3 is 10.1 Å². The Morgan fingerprint density at radius 1 is 1.33 bits per heavy atom. The number of carbonyl (C=O) groups excluding carboxylic acids is 2. The van der Waals surface area contributed by atoms with Gasteiger partial charge in [0, 0.05) is 6.54 Å². The van der Waals surface area contributed by atoms with Gasteiger partial charge >= 0.3 is 0 Å². The van der Waals surface area contributed by atoms with Gasteiger partial charge in [-0.2, -0.15) is 0 Å². The number of hydrogen-bond donors (Lipinski definition) is 1. The topological polar surface area (TPSA) is 55.4 Å². The van der Waals surface area contributed by atoms with Crippen molar-refractivity contribution in [3.8, 4) is 5.75 Å². The van der Waals surface area contributed by atoms with Crippen molar-refractivity contribution >= 4 is 12.2 Å². The smallest absolute Gasteiger partial charge is 0.257 e. The van der Waals surface area contributed by atoms with Crippen molar-refractivity contribution in [2.75, 3.05) is 13.2 Å². The molecule has 1 rings (SSSR count). The average molecular weight is 249 g/mol. The third kappa shape index (κ3) is 4.99. The van der Waals surface area contributed by atoms with E-state index in [1.54, 1.807) is 24.3 Å². The fraction of sp³-hybridized carbons (Fsp3) is 0.429. The SMILES string of the molecule is CCCCCNC(=O)COc1ccccc1C=O. The molecule has 1 N–H and O–H groups in total. The van der Waals surface area contributed by atoms with Crippen LogP contribution in [0.15, 0.2) is 24.3 Å². The predicted octanol–water partition coefficient (Wildman–Crippen LogP) is 2.18. The van der Waals surface area contributed by atoms with Crippen molar-refractivity contribution in [2.45, 2.75) is 26.2 Å². The number of unbranched alkanes of at least 4 members (excludes halogenated alkanes) is 2. The number of para-hydroxylation sites is 1. The highest BCUT2D eigenvalue weighted by Crippen LogP contribution is 2.15. The van der Waals surface area contributed by atoms with Crippen molar-refractivity contribution in [1.29, 1.82) is 0 Å². The molecule has 4 nitrogen and oxygen atoms in total. The molecular formula is C14H19NO3. The minimum absolute atomic E-state index is 0.0586. The van der Waals surface area contributed by atoms with Gasteiger partial charge in [-0.3, -0.25) is 9.59 Å². The second kappa shape index (κ2) is 8.28. The van der Waals surface area contributed by atoms with Crippen LogP contribution in [0.3, 0.4) is 0 Å². The molecule has 0 fully saturated rings. The number of carbonyl (C=O) groups is 2. The van der Waals surface area contributed by atoms with E-state index in [0.29, 0.717) is 24.1 Å². The lowest BCUT2D eigenvalue weighted by molar-refractivity contribution is -0.123. The Morgan fingerprint density at radius 2 is 2.11 bits per heavy atom. The maximum absolute atomic E-state index is 11.5. The Hall–Kier alpha value is -1.84. The zero-order valence-electron chi connectivity index (χ0n) is 10.6. The Bertz CT molecular complexity index is 390. The van der Waals surface area contributed by atoms with Gasteiger partial charge in [-0.1, -0.05) is 31.9 Å². The van der Waals surface area contributed by atoms with E-state index in [1.165, 1.54) is 0 Å². The van der Waals surface area contributed by atoms with Crippen LogP contribution in [-0.2, 0) is 4.79 Å². The first kappa shape index (κ1) is 14.2. The molecule has 0 saturated heterocycles. The molecule has 0 heterocycles. The van der Waals surface area contributed by atoms with E-state index in [-0.39, 0.29) is 12.5 Å². The predicted molar refractivity (Wildman–Crippen MR) is 69.9 cm³/mol. The number of aldehydes is 1. The van der Waals surface area contributed by atoms with Crippen LogP contribution in [0.25, 0.3) is 0 Å². The molecule has 4 heteroatoms. The zero-order valence-corrected chi connectivity index (χ0v) is 10.6. The minimum Gasteiger partial charge on any atom is -0.483 e. The van der Waals surface area contributed by atoms with Gasteiger partial charge in [0.2, 0.25) is 0 Å². The summed E-state index contributed by atoms with van der Waals surface area (Å²) in [6.45, 7) is 2.73. The summed E-state index contributed by atoms with van der Waals surface area (Å²) in [4.78, 5) is 22.2. The van der Waals surface area contributed by atoms with E-state index in [1.807, 2.05) is 0 Å². The fourth-order valence-corrected chi connectivity index (χ4v) is 1.51. The Balaban J connectivity index is 2.31. The van der Waals surface area contributed by atoms with E-state index in [2.05, 4.69) is 12.2 Å². The molecular weight excluding hydrogens is 230 g/mol. The summed E-state index contributed by atoms with van der Waals surface area (Å²) in [6, 6.07) is 6.85. The summed E-state index contributed by atoms with van der Waals surface area (Å²) in [5.74, 6) is 0.281. The monoisotopic (exact) mass is 249 g/mol. The van der Waals surface area contributed by atoms with E-state index >= 15 is 0 Å². The van der Waals surface area contributed by atoms with Crippen molar-refractivity contribution in [1.82, 2.24) is 5.32 Å². The first-order valence-electron chi connectivity index (χ1n) is 6.21. The molecule has 1 amide bonds. The number of nitrogens with one attached hydrogen (secondary N) is 1. The van der Waals surface area contributed by atoms with Gasteiger partial charge in [-0.25, -0.2) is 0 Å². The second-order valence-corrected chi connectivity index (χ2v) is 4.00. The number of ether oxygens (including phenoxy) is 1. The molecule has 0 aliphatic carbocycles. The van der Waals surface area contributed by atoms with E-state index in [9.17, 15) is 9.59 Å². The maximum atomic E-state index is 11.5. The van der Waals surface area contributed by atoms with Crippen LogP contribution in [0.4, 0.5) is 0 Å². The lowest BCUT2D eigenvalue weighted by Gasteiger charge is -2.08. The van der Waals surface area contributed by atoms with Crippen LogP contribution >= 0.6 is 0 Å². The fourth-order valence-electron chi connectivity index (χ4n) is 1.51. The third-order valence-electron chi connectivity index (χ3n) is 2.51. The average Bonchev–Trinajstić information content (AvgIpc) is 2.41. The van der Waals surface area contributed by atoms with Gasteiger partial charge in [-0.05, 0) is 18.6 Å². The lowest BCUT2D eigenvalue weighted by Crippen LogP contribution is -2.29. The normalized spacial score (nSPS) is 9.83. The van der Waals surface area contributed by atoms with Crippen molar-refractivity contribution in [2.24, 2.45) is 0 Å². The first-order chi connectivity index (χ1) is 8.77. The zero-order chi connectivity index (χ0) is 13.2. The summed E-state index contributed by atoms with van der Waals surface area (Å²) >= 11 is 0. The quantitative estimate of drug-likeness (QED) is 0.567. The number of hydrogen-bond acceptors (Lipinski definition) is 3. The Kier molecular flexibility index (Phi) is 6.54. The van der Waals surface area contributed by atoms with E-state index in [4.69, 9.17) is 4.74 Å². The minimum atomic E-state index is -0.160. The maximum Gasteiger partial charge on any atom is 0.257 e. The molecule has 0 spiro atoms. The molecule has 0 radical (unpaired) electrons. The Morgan fingerprint density at radius 3 is 2.83 bits per heavy atom. The second-order valence-electron chi connectivity index (χ2n) is 4.00. The summed E-state index contributed by atoms with van der Waals surface area (Å²) in [6.07, 6.45) is 3.93. The molecule has 0 atom stereocenters. The molecule has 18 heavy (non-hydrogen) atoms. The van der Waals surface area contributed by atoms with Crippen LogP contribution < -0.4 is 10.1 Å². The van der Waals surface area contributed by atoms with E-state index in [0.717, 1.165) is 19.3 Å². The summed E-state index contributed by atoms with van der Waals surface area (Å²) in [7, 11) is 0. The first-order valence-corrected chi connectivity index (χ1v) is 6.21. The molecule has 0 aromatic heterocycles. The van der Waals surface area contributed by atoms with Crippen LogP contribution in [0.5, 0.6) is 5.75 Å². The number of benzene rings is 1. The lowest BCUT2D eigenvalue weighted by atomic mass is 10.2. The van der Waals surface area contributed by atoms with Crippen molar-refractivity contribution < 1.29 is 14.3 Å². The summed E-state index contributed by atoms with van der Waals surface area (Å²) in [5.41, 5.74) is 0.455. The van der Waals surface area contributed by atoms with Crippen molar-refractivity contribution in [3.05, 3.63) is 29.8 Å². The van der Waals surface area contributed by atoms with Crippen LogP contribution in [0, 0.1) is 0 Å². The van der Waals surface area contributed by atoms with Gasteiger partial charge in [0.1, 0.15) is 5.75 Å². The van der Waals surface area contributed by atoms with Gasteiger partial charge in [-0.15, -0.1) is 0 Å². The number of rotatable bonds is 8. The standard InChI is InChI=1S/C14H19NO3/c1-2-3-6-9-15-14(17)11-18-13-8-5-4-7-12(13)10-16/h4-5,7-8,10H,2-3,6,9,11H2,1H3,(H,15,17). The molecule has 0 bridgehead atoms.